The summed E-state index contributed by atoms with van der Waals surface area (Å²) in [6, 6.07) is 8.90. The highest BCUT2D eigenvalue weighted by molar-refractivity contribution is 8.15. The first kappa shape index (κ1) is 13.8. The molecule has 0 unspecified atom stereocenters. The molecule has 0 amide bonds. The maximum Gasteiger partial charge on any atom is 0.322 e. The van der Waals surface area contributed by atoms with Crippen molar-refractivity contribution < 1.29 is 14.3 Å². The van der Waals surface area contributed by atoms with Crippen molar-refractivity contribution in [3.8, 4) is 0 Å². The molecule has 0 heterocycles. The third-order valence-electron chi connectivity index (χ3n) is 2.12. The Morgan fingerprint density at radius 1 is 1.24 bits per heavy atom. The quantitative estimate of drug-likeness (QED) is 0.773. The summed E-state index contributed by atoms with van der Waals surface area (Å²) in [5.74, 6) is -0.366. The highest BCUT2D eigenvalue weighted by Gasteiger charge is 2.33. The maximum absolute atomic E-state index is 11.9. The molecule has 0 radical (unpaired) electrons. The normalized spacial score (nSPS) is 11.0. The van der Waals surface area contributed by atoms with Crippen molar-refractivity contribution >= 4 is 22.8 Å². The molecule has 0 fully saturated rings. The number of esters is 1. The molecule has 0 aliphatic rings. The van der Waals surface area contributed by atoms with Gasteiger partial charge in [0.25, 0.3) is 0 Å². The topological polar surface area (TPSA) is 43.4 Å². The van der Waals surface area contributed by atoms with Crippen LogP contribution in [-0.2, 0) is 9.53 Å². The van der Waals surface area contributed by atoms with Gasteiger partial charge >= 0.3 is 5.97 Å². The maximum atomic E-state index is 11.9. The second-order valence-corrected chi connectivity index (χ2v) is 5.58. The smallest absolute Gasteiger partial charge is 0.322 e. The third-order valence-corrected chi connectivity index (χ3v) is 3.22. The highest BCUT2D eigenvalue weighted by atomic mass is 32.2. The van der Waals surface area contributed by atoms with E-state index in [0.29, 0.717) is 12.2 Å². The fraction of sp³-hybridized carbons (Fsp3) is 0.385. The molecule has 0 saturated carbocycles. The van der Waals surface area contributed by atoms with E-state index < -0.39 is 4.75 Å². The first-order valence-corrected chi connectivity index (χ1v) is 6.24. The Hall–Kier alpha value is -1.29. The van der Waals surface area contributed by atoms with Crippen LogP contribution < -0.4 is 0 Å². The number of rotatable bonds is 4. The summed E-state index contributed by atoms with van der Waals surface area (Å²) < 4.78 is 4.07. The van der Waals surface area contributed by atoms with Gasteiger partial charge in [-0.3, -0.25) is 9.59 Å². The second kappa shape index (κ2) is 5.87. The number of carbonyl (C=O) groups excluding carboxylic acids is 2. The van der Waals surface area contributed by atoms with Gasteiger partial charge in [0.05, 0.1) is 6.61 Å². The van der Waals surface area contributed by atoms with Crippen LogP contribution in [0, 0.1) is 0 Å². The number of carbonyl (C=O) groups is 2. The zero-order valence-corrected chi connectivity index (χ0v) is 11.0. The summed E-state index contributed by atoms with van der Waals surface area (Å²) in [4.78, 5) is 23.6. The van der Waals surface area contributed by atoms with E-state index in [9.17, 15) is 9.59 Å². The zero-order valence-electron chi connectivity index (χ0n) is 10.2. The van der Waals surface area contributed by atoms with E-state index in [0.717, 1.165) is 11.8 Å². The largest absolute Gasteiger partial charge is 0.465 e. The van der Waals surface area contributed by atoms with Gasteiger partial charge < -0.3 is 4.74 Å². The van der Waals surface area contributed by atoms with Crippen LogP contribution in [0.2, 0.25) is 0 Å². The van der Waals surface area contributed by atoms with Crippen LogP contribution in [0.5, 0.6) is 0 Å². The number of hydrogen-bond acceptors (Lipinski definition) is 4. The lowest BCUT2D eigenvalue weighted by Crippen LogP contribution is -2.31. The lowest BCUT2D eigenvalue weighted by atomic mass is 10.2. The van der Waals surface area contributed by atoms with Crippen LogP contribution in [0.25, 0.3) is 0 Å². The predicted octanol–water partition coefficient (Wildman–Crippen LogP) is 2.90. The Labute approximate surface area is 106 Å². The first-order chi connectivity index (χ1) is 7.97. The fourth-order valence-corrected chi connectivity index (χ4v) is 2.07. The molecule has 4 heteroatoms. The molecule has 3 nitrogen and oxygen atoms in total. The summed E-state index contributed by atoms with van der Waals surface area (Å²) in [6.07, 6.45) is 0. The highest BCUT2D eigenvalue weighted by Crippen LogP contribution is 2.29. The Kier molecular flexibility index (Phi) is 4.75. The summed E-state index contributed by atoms with van der Waals surface area (Å²) >= 11 is 0.990. The van der Waals surface area contributed by atoms with E-state index in [-0.39, 0.29) is 11.1 Å². The van der Waals surface area contributed by atoms with Crippen molar-refractivity contribution in [3.63, 3.8) is 0 Å². The van der Waals surface area contributed by atoms with E-state index in [1.165, 1.54) is 0 Å². The lowest BCUT2D eigenvalue weighted by molar-refractivity contribution is -0.145. The summed E-state index contributed by atoms with van der Waals surface area (Å²) in [5.41, 5.74) is 0.592. The van der Waals surface area contributed by atoms with Crippen LogP contribution in [0.4, 0.5) is 0 Å². The number of ether oxygens (including phenoxy) is 1. The van der Waals surface area contributed by atoms with Gasteiger partial charge in [-0.25, -0.2) is 0 Å². The molecule has 0 aliphatic heterocycles. The Bertz CT molecular complexity index is 398. The molecule has 0 saturated heterocycles. The summed E-state index contributed by atoms with van der Waals surface area (Å²) in [7, 11) is 0. The molecule has 0 N–H and O–H groups in total. The minimum Gasteiger partial charge on any atom is -0.465 e. The van der Waals surface area contributed by atoms with Gasteiger partial charge in [-0.1, -0.05) is 42.1 Å². The van der Waals surface area contributed by atoms with Gasteiger partial charge in [-0.05, 0) is 20.8 Å². The molecule has 0 aliphatic carbocycles. The van der Waals surface area contributed by atoms with Crippen LogP contribution in [0.15, 0.2) is 30.3 Å². The molecule has 92 valence electrons. The molecule has 0 aromatic heterocycles. The van der Waals surface area contributed by atoms with E-state index >= 15 is 0 Å². The standard InChI is InChI=1S/C13H16O3S/c1-4-16-12(15)13(2,3)17-11(14)10-8-6-5-7-9-10/h5-9H,4H2,1-3H3. The second-order valence-electron chi connectivity index (χ2n) is 3.99. The van der Waals surface area contributed by atoms with Crippen LogP contribution in [0.3, 0.4) is 0 Å². The molecule has 0 spiro atoms. The average molecular weight is 252 g/mol. The Morgan fingerprint density at radius 3 is 2.35 bits per heavy atom. The fourth-order valence-electron chi connectivity index (χ4n) is 1.21. The van der Waals surface area contributed by atoms with Crippen molar-refractivity contribution in [3.05, 3.63) is 35.9 Å². The van der Waals surface area contributed by atoms with E-state index in [2.05, 4.69) is 0 Å². The molecular formula is C13H16O3S. The molecule has 1 aromatic carbocycles. The lowest BCUT2D eigenvalue weighted by Gasteiger charge is -2.20. The minimum atomic E-state index is -0.858. The Morgan fingerprint density at radius 2 is 1.82 bits per heavy atom. The molecule has 0 atom stereocenters. The van der Waals surface area contributed by atoms with E-state index in [1.54, 1.807) is 45.0 Å². The van der Waals surface area contributed by atoms with E-state index in [1.807, 2.05) is 6.07 Å². The summed E-state index contributed by atoms with van der Waals surface area (Å²) in [6.45, 7) is 5.45. The third kappa shape index (κ3) is 3.89. The van der Waals surface area contributed by atoms with Gasteiger partial charge in [-0.2, -0.15) is 0 Å². The minimum absolute atomic E-state index is 0.122. The molecule has 0 bridgehead atoms. The number of hydrogen-bond donors (Lipinski definition) is 0. The van der Waals surface area contributed by atoms with Crippen molar-refractivity contribution in [1.82, 2.24) is 0 Å². The average Bonchev–Trinajstić information content (AvgIpc) is 2.30. The monoisotopic (exact) mass is 252 g/mol. The first-order valence-electron chi connectivity index (χ1n) is 5.43. The van der Waals surface area contributed by atoms with Crippen LogP contribution in [-0.4, -0.2) is 22.4 Å². The van der Waals surface area contributed by atoms with Gasteiger partial charge in [0.1, 0.15) is 4.75 Å². The molecule has 1 rings (SSSR count). The molecule has 17 heavy (non-hydrogen) atoms. The van der Waals surface area contributed by atoms with Crippen LogP contribution in [0.1, 0.15) is 31.1 Å². The number of thioether (sulfide) groups is 1. The van der Waals surface area contributed by atoms with Crippen molar-refractivity contribution in [1.29, 1.82) is 0 Å². The number of benzene rings is 1. The van der Waals surface area contributed by atoms with Crippen molar-refractivity contribution in [2.24, 2.45) is 0 Å². The molecular weight excluding hydrogens is 236 g/mol. The molecule has 1 aromatic rings. The van der Waals surface area contributed by atoms with Gasteiger partial charge in [0.2, 0.25) is 5.12 Å². The predicted molar refractivity (Wildman–Crippen MR) is 69.1 cm³/mol. The SMILES string of the molecule is CCOC(=O)C(C)(C)SC(=O)c1ccccc1. The van der Waals surface area contributed by atoms with Crippen molar-refractivity contribution in [2.75, 3.05) is 6.61 Å². The van der Waals surface area contributed by atoms with E-state index in [4.69, 9.17) is 4.74 Å². The van der Waals surface area contributed by atoms with Gasteiger partial charge in [-0.15, -0.1) is 0 Å². The van der Waals surface area contributed by atoms with Gasteiger partial charge in [0.15, 0.2) is 0 Å². The zero-order chi connectivity index (χ0) is 12.9. The van der Waals surface area contributed by atoms with Gasteiger partial charge in [0, 0.05) is 5.56 Å². The Balaban J connectivity index is 2.71. The summed E-state index contributed by atoms with van der Waals surface area (Å²) in [5, 5.41) is -0.122. The van der Waals surface area contributed by atoms with Crippen molar-refractivity contribution in [2.45, 2.75) is 25.5 Å². The van der Waals surface area contributed by atoms with Crippen LogP contribution >= 0.6 is 11.8 Å².